The molecule has 4 rings (SSSR count). The van der Waals surface area contributed by atoms with Gasteiger partial charge in [-0.1, -0.05) is 6.42 Å². The van der Waals surface area contributed by atoms with Crippen molar-refractivity contribution in [1.82, 2.24) is 14.9 Å². The quantitative estimate of drug-likeness (QED) is 0.835. The number of aryl methyl sites for hydroxylation is 2. The predicted octanol–water partition coefficient (Wildman–Crippen LogP) is 2.83. The van der Waals surface area contributed by atoms with E-state index in [0.29, 0.717) is 24.4 Å². The number of amides is 1. The van der Waals surface area contributed by atoms with Gasteiger partial charge in [0.2, 0.25) is 5.91 Å². The molecule has 2 unspecified atom stereocenters. The minimum absolute atomic E-state index is 0. The number of hydrogen-bond acceptors (Lipinski definition) is 3. The monoisotopic (exact) mass is 388 g/mol. The van der Waals surface area contributed by atoms with E-state index < -0.39 is 0 Å². The van der Waals surface area contributed by atoms with Crippen molar-refractivity contribution in [3.8, 4) is 0 Å². The lowest BCUT2D eigenvalue weighted by molar-refractivity contribution is -0.128. The number of nitrogens with one attached hydrogen (secondary N) is 1. The van der Waals surface area contributed by atoms with Crippen LogP contribution in [0.3, 0.4) is 0 Å². The van der Waals surface area contributed by atoms with Crippen molar-refractivity contribution in [3.05, 3.63) is 17.7 Å². The summed E-state index contributed by atoms with van der Waals surface area (Å²) in [4.78, 5) is 17.2. The lowest BCUT2D eigenvalue weighted by Crippen LogP contribution is -2.49. The molecule has 1 aromatic heterocycles. The molecule has 3 aliphatic rings. The topological polar surface area (TPSA) is 72.9 Å². The number of imidazole rings is 1. The van der Waals surface area contributed by atoms with E-state index in [0.717, 1.165) is 31.5 Å². The second kappa shape index (κ2) is 8.74. The summed E-state index contributed by atoms with van der Waals surface area (Å²) in [5.41, 5.74) is 7.33. The van der Waals surface area contributed by atoms with E-state index in [4.69, 9.17) is 5.73 Å². The summed E-state index contributed by atoms with van der Waals surface area (Å²) in [6.07, 6.45) is 11.3. The molecule has 2 saturated carbocycles. The summed E-state index contributed by atoms with van der Waals surface area (Å²) in [5.74, 6) is 2.65. The van der Waals surface area contributed by atoms with E-state index in [1.165, 1.54) is 37.9 Å². The molecule has 2 fully saturated rings. The number of aromatic nitrogens is 2. The van der Waals surface area contributed by atoms with Crippen LogP contribution in [-0.4, -0.2) is 21.5 Å². The van der Waals surface area contributed by atoms with Crippen LogP contribution in [0.15, 0.2) is 6.20 Å². The third-order valence-corrected chi connectivity index (χ3v) is 6.19. The van der Waals surface area contributed by atoms with E-state index in [2.05, 4.69) is 21.1 Å². The first-order valence-corrected chi connectivity index (χ1v) is 9.29. The van der Waals surface area contributed by atoms with Gasteiger partial charge in [-0.25, -0.2) is 4.98 Å². The fourth-order valence-electron chi connectivity index (χ4n) is 4.88. The van der Waals surface area contributed by atoms with Crippen LogP contribution < -0.4 is 11.1 Å². The highest BCUT2D eigenvalue weighted by molar-refractivity contribution is 5.85. The number of fused-ring (bicyclic) bond motifs is 3. The summed E-state index contributed by atoms with van der Waals surface area (Å²) in [6.45, 7) is 1.64. The Balaban J connectivity index is 0.00000113. The Kier molecular flexibility index (Phi) is 7.18. The van der Waals surface area contributed by atoms with Crippen molar-refractivity contribution in [1.29, 1.82) is 0 Å². The Bertz CT molecular complexity index is 554. The average molecular weight is 389 g/mol. The second-order valence-corrected chi connectivity index (χ2v) is 7.71. The number of nitrogens with zero attached hydrogens (tertiary/aromatic N) is 2. The Morgan fingerprint density at radius 1 is 1.20 bits per heavy atom. The number of carbonyl (C=O) groups excluding carboxylic acids is 1. The Morgan fingerprint density at radius 3 is 2.60 bits per heavy atom. The third-order valence-electron chi connectivity index (χ3n) is 6.19. The van der Waals surface area contributed by atoms with Gasteiger partial charge in [0.15, 0.2) is 0 Å². The van der Waals surface area contributed by atoms with Crippen molar-refractivity contribution in [3.63, 3.8) is 0 Å². The SMILES string of the molecule is Cl.Cl.NC1C2CCCC1CC(C(=O)NCc1cn3c(n1)CCCC3)C2. The van der Waals surface area contributed by atoms with Crippen molar-refractivity contribution < 1.29 is 4.79 Å². The maximum Gasteiger partial charge on any atom is 0.223 e. The molecular weight excluding hydrogens is 359 g/mol. The molecule has 0 spiro atoms. The van der Waals surface area contributed by atoms with Crippen molar-refractivity contribution in [2.75, 3.05) is 0 Å². The molecule has 5 nitrogen and oxygen atoms in total. The van der Waals surface area contributed by atoms with Gasteiger partial charge >= 0.3 is 0 Å². The fourth-order valence-corrected chi connectivity index (χ4v) is 4.88. The largest absolute Gasteiger partial charge is 0.350 e. The molecular formula is C18H30Cl2N4O. The molecule has 2 bridgehead atoms. The molecule has 0 radical (unpaired) electrons. The van der Waals surface area contributed by atoms with Crippen LogP contribution in [0.25, 0.3) is 0 Å². The van der Waals surface area contributed by atoms with Gasteiger partial charge < -0.3 is 15.6 Å². The first-order chi connectivity index (χ1) is 11.2. The molecule has 2 heterocycles. The smallest absolute Gasteiger partial charge is 0.223 e. The van der Waals surface area contributed by atoms with E-state index in [1.54, 1.807) is 0 Å². The molecule has 2 atom stereocenters. The van der Waals surface area contributed by atoms with Crippen molar-refractivity contribution >= 4 is 30.7 Å². The number of hydrogen-bond donors (Lipinski definition) is 2. The van der Waals surface area contributed by atoms with E-state index in [1.807, 2.05) is 0 Å². The zero-order chi connectivity index (χ0) is 15.8. The first-order valence-electron chi connectivity index (χ1n) is 9.29. The van der Waals surface area contributed by atoms with Crippen LogP contribution in [0.4, 0.5) is 0 Å². The predicted molar refractivity (Wildman–Crippen MR) is 103 cm³/mol. The van der Waals surface area contributed by atoms with Gasteiger partial charge in [0, 0.05) is 31.1 Å². The van der Waals surface area contributed by atoms with Crippen molar-refractivity contribution in [2.45, 2.75) is 70.5 Å². The van der Waals surface area contributed by atoms with Gasteiger partial charge in [-0.15, -0.1) is 24.8 Å². The Labute approximate surface area is 162 Å². The summed E-state index contributed by atoms with van der Waals surface area (Å²) in [5, 5.41) is 3.13. The minimum atomic E-state index is 0. The highest BCUT2D eigenvalue weighted by Crippen LogP contribution is 2.41. The standard InChI is InChI=1S/C18H28N4O.2ClH/c19-17-12-4-3-5-13(17)9-14(8-12)18(23)20-10-15-11-22-7-2-1-6-16(22)21-15;;/h11-14,17H,1-10,19H2,(H,20,23);2*1H. The van der Waals surface area contributed by atoms with Crippen LogP contribution >= 0.6 is 24.8 Å². The molecule has 3 N–H and O–H groups in total. The number of carbonyl (C=O) groups is 1. The van der Waals surface area contributed by atoms with E-state index in [-0.39, 0.29) is 36.6 Å². The molecule has 142 valence electrons. The molecule has 2 aliphatic carbocycles. The van der Waals surface area contributed by atoms with E-state index in [9.17, 15) is 4.79 Å². The molecule has 1 amide bonds. The number of rotatable bonds is 3. The van der Waals surface area contributed by atoms with Gasteiger partial charge in [0.25, 0.3) is 0 Å². The summed E-state index contributed by atoms with van der Waals surface area (Å²) in [6, 6.07) is 0.327. The first kappa shape index (κ1) is 20.5. The number of halogens is 2. The molecule has 1 aliphatic heterocycles. The van der Waals surface area contributed by atoms with Gasteiger partial charge in [-0.2, -0.15) is 0 Å². The zero-order valence-corrected chi connectivity index (χ0v) is 16.3. The van der Waals surface area contributed by atoms with Crippen LogP contribution in [0.2, 0.25) is 0 Å². The maximum atomic E-state index is 12.6. The summed E-state index contributed by atoms with van der Waals surface area (Å²) >= 11 is 0. The molecule has 7 heteroatoms. The Hall–Kier alpha value is -0.780. The van der Waals surface area contributed by atoms with Crippen LogP contribution in [0, 0.1) is 17.8 Å². The summed E-state index contributed by atoms with van der Waals surface area (Å²) in [7, 11) is 0. The minimum Gasteiger partial charge on any atom is -0.350 e. The van der Waals surface area contributed by atoms with Gasteiger partial charge in [-0.05, 0) is 50.4 Å². The zero-order valence-electron chi connectivity index (χ0n) is 14.7. The fraction of sp³-hybridized carbons (Fsp3) is 0.778. The molecule has 25 heavy (non-hydrogen) atoms. The molecule has 1 aromatic rings. The highest BCUT2D eigenvalue weighted by atomic mass is 35.5. The second-order valence-electron chi connectivity index (χ2n) is 7.71. The van der Waals surface area contributed by atoms with Crippen LogP contribution in [-0.2, 0) is 24.3 Å². The lowest BCUT2D eigenvalue weighted by atomic mass is 9.65. The van der Waals surface area contributed by atoms with Gasteiger partial charge in [0.05, 0.1) is 12.2 Å². The lowest BCUT2D eigenvalue weighted by Gasteiger charge is -2.43. The summed E-state index contributed by atoms with van der Waals surface area (Å²) < 4.78 is 2.25. The number of nitrogens with two attached hydrogens (primary N) is 1. The Morgan fingerprint density at radius 2 is 1.92 bits per heavy atom. The third kappa shape index (κ3) is 4.32. The van der Waals surface area contributed by atoms with Gasteiger partial charge in [0.1, 0.15) is 5.82 Å². The van der Waals surface area contributed by atoms with Gasteiger partial charge in [-0.3, -0.25) is 4.79 Å². The van der Waals surface area contributed by atoms with Crippen LogP contribution in [0.1, 0.15) is 56.5 Å². The van der Waals surface area contributed by atoms with E-state index >= 15 is 0 Å². The maximum absolute atomic E-state index is 12.6. The van der Waals surface area contributed by atoms with Crippen LogP contribution in [0.5, 0.6) is 0 Å². The average Bonchev–Trinajstić information content (AvgIpc) is 2.95. The highest BCUT2D eigenvalue weighted by Gasteiger charge is 2.40. The van der Waals surface area contributed by atoms with Crippen molar-refractivity contribution in [2.24, 2.45) is 23.5 Å². The molecule has 0 aromatic carbocycles. The molecule has 0 saturated heterocycles. The normalized spacial score (nSPS) is 30.4.